The fourth-order valence-corrected chi connectivity index (χ4v) is 2.13. The molecule has 0 atom stereocenters. The van der Waals surface area contributed by atoms with Crippen LogP contribution in [0.4, 0.5) is 0 Å². The first-order valence-electron chi connectivity index (χ1n) is 6.01. The topological polar surface area (TPSA) is 63.7 Å². The third-order valence-corrected chi connectivity index (χ3v) is 3.02. The zero-order valence-corrected chi connectivity index (χ0v) is 11.2. The van der Waals surface area contributed by atoms with Gasteiger partial charge in [-0.05, 0) is 33.7 Å². The zero-order valence-electron chi connectivity index (χ0n) is 10.5. The second-order valence-electron chi connectivity index (χ2n) is 4.07. The molecule has 0 aliphatic carbocycles. The first kappa shape index (κ1) is 12.6. The number of benzene rings is 2. The average molecular weight is 287 g/mol. The molecule has 1 heterocycles. The van der Waals surface area contributed by atoms with Crippen LogP contribution in [0, 0.1) is 0 Å². The highest BCUT2D eigenvalue weighted by Crippen LogP contribution is 2.30. The van der Waals surface area contributed by atoms with Crippen LogP contribution in [-0.4, -0.2) is 26.7 Å². The van der Waals surface area contributed by atoms with Crippen LogP contribution in [0.15, 0.2) is 48.5 Å². The second-order valence-corrected chi connectivity index (χ2v) is 4.29. The molecule has 0 saturated carbocycles. The van der Waals surface area contributed by atoms with Gasteiger partial charge in [-0.1, -0.05) is 48.0 Å². The molecule has 2 aromatic carbocycles. The van der Waals surface area contributed by atoms with Gasteiger partial charge in [-0.25, -0.2) is 5.10 Å². The molecule has 0 radical (unpaired) electrons. The summed E-state index contributed by atoms with van der Waals surface area (Å²) in [4.78, 5) is 0. The number of rotatable bonds is 4. The molecule has 1 aromatic heterocycles. The van der Waals surface area contributed by atoms with E-state index < -0.39 is 0 Å². The minimum absolute atomic E-state index is 0.139. The molecule has 20 heavy (non-hydrogen) atoms. The van der Waals surface area contributed by atoms with Crippen LogP contribution in [0.1, 0.15) is 0 Å². The first-order valence-corrected chi connectivity index (χ1v) is 6.54. The summed E-state index contributed by atoms with van der Waals surface area (Å²) in [6.45, 7) is 0. The van der Waals surface area contributed by atoms with E-state index >= 15 is 0 Å². The normalized spacial score (nSPS) is 10.4. The van der Waals surface area contributed by atoms with Crippen LogP contribution < -0.4 is 4.74 Å². The molecule has 0 spiro atoms. The van der Waals surface area contributed by atoms with Gasteiger partial charge in [0.15, 0.2) is 11.9 Å². The molecule has 0 unspecified atom stereocenters. The molecule has 0 bridgehead atoms. The lowest BCUT2D eigenvalue weighted by Gasteiger charge is -2.08. The van der Waals surface area contributed by atoms with Gasteiger partial charge in [0.2, 0.25) is 0 Å². The lowest BCUT2D eigenvalue weighted by Crippen LogP contribution is -1.90. The minimum Gasteiger partial charge on any atom is -0.478 e. The van der Waals surface area contributed by atoms with Gasteiger partial charge in [0.05, 0.1) is 0 Å². The Morgan fingerprint density at radius 1 is 1.00 bits per heavy atom. The number of hydrogen-bond acceptors (Lipinski definition) is 4. The summed E-state index contributed by atoms with van der Waals surface area (Å²) in [5, 5.41) is 14.0. The molecule has 0 saturated heterocycles. The Labute approximate surface area is 120 Å². The first-order chi connectivity index (χ1) is 9.88. The summed E-state index contributed by atoms with van der Waals surface area (Å²) in [5.41, 5.74) is 3.05. The number of aromatic amines is 1. The molecule has 0 amide bonds. The summed E-state index contributed by atoms with van der Waals surface area (Å²) in [5.74, 6) is 1.38. The Morgan fingerprint density at radius 3 is 2.40 bits per heavy atom. The van der Waals surface area contributed by atoms with Crippen molar-refractivity contribution in [2.24, 2.45) is 0 Å². The van der Waals surface area contributed by atoms with E-state index in [0.717, 1.165) is 22.4 Å². The standard InChI is InChI=1S/C14H11ClN4O/c15-9-20-11-7-5-10(6-8-11)12-3-1-2-4-13(12)14-16-18-19-17-14/h1-8H,9H2,(H,16,17,18,19). The highest BCUT2D eigenvalue weighted by Gasteiger charge is 2.09. The number of tetrazole rings is 1. The Bertz CT molecular complexity index is 683. The Hall–Kier alpha value is -2.40. The highest BCUT2D eigenvalue weighted by molar-refractivity contribution is 6.17. The average Bonchev–Trinajstić information content (AvgIpc) is 3.03. The number of ether oxygens (including phenoxy) is 1. The van der Waals surface area contributed by atoms with E-state index in [1.54, 1.807) is 0 Å². The number of nitrogens with one attached hydrogen (secondary N) is 1. The molecular weight excluding hydrogens is 276 g/mol. The molecule has 6 heteroatoms. The van der Waals surface area contributed by atoms with Crippen molar-refractivity contribution in [3.63, 3.8) is 0 Å². The maximum absolute atomic E-state index is 5.54. The van der Waals surface area contributed by atoms with E-state index in [0.29, 0.717) is 5.82 Å². The predicted molar refractivity (Wildman–Crippen MR) is 76.4 cm³/mol. The summed E-state index contributed by atoms with van der Waals surface area (Å²) in [6, 6.07) is 15.8. The lowest BCUT2D eigenvalue weighted by atomic mass is 9.99. The van der Waals surface area contributed by atoms with Crippen LogP contribution in [0.2, 0.25) is 0 Å². The van der Waals surface area contributed by atoms with E-state index in [1.165, 1.54) is 0 Å². The molecule has 0 fully saturated rings. The highest BCUT2D eigenvalue weighted by atomic mass is 35.5. The largest absolute Gasteiger partial charge is 0.478 e. The SMILES string of the molecule is ClCOc1ccc(-c2ccccc2-c2nnn[nH]2)cc1. The smallest absolute Gasteiger partial charge is 0.180 e. The number of halogens is 1. The van der Waals surface area contributed by atoms with E-state index in [9.17, 15) is 0 Å². The number of H-pyrrole nitrogens is 1. The third kappa shape index (κ3) is 2.48. The summed E-state index contributed by atoms with van der Waals surface area (Å²) >= 11 is 5.54. The van der Waals surface area contributed by atoms with Gasteiger partial charge >= 0.3 is 0 Å². The van der Waals surface area contributed by atoms with E-state index in [2.05, 4.69) is 20.6 Å². The maximum atomic E-state index is 5.54. The van der Waals surface area contributed by atoms with Gasteiger partial charge in [-0.15, -0.1) is 5.10 Å². The quantitative estimate of drug-likeness (QED) is 0.749. The van der Waals surface area contributed by atoms with E-state index in [4.69, 9.17) is 16.3 Å². The summed E-state index contributed by atoms with van der Waals surface area (Å²) in [6.07, 6.45) is 0. The summed E-state index contributed by atoms with van der Waals surface area (Å²) in [7, 11) is 0. The third-order valence-electron chi connectivity index (χ3n) is 2.91. The van der Waals surface area contributed by atoms with Crippen molar-refractivity contribution >= 4 is 11.6 Å². The fourth-order valence-electron chi connectivity index (χ4n) is 2.01. The predicted octanol–water partition coefficient (Wildman–Crippen LogP) is 3.11. The number of hydrogen-bond donors (Lipinski definition) is 1. The molecule has 100 valence electrons. The van der Waals surface area contributed by atoms with Crippen molar-refractivity contribution in [2.75, 3.05) is 6.07 Å². The van der Waals surface area contributed by atoms with Crippen LogP contribution in [0.3, 0.4) is 0 Å². The van der Waals surface area contributed by atoms with Gasteiger partial charge in [0.1, 0.15) is 5.75 Å². The molecule has 3 rings (SSSR count). The molecule has 0 aliphatic heterocycles. The molecule has 0 aliphatic rings. The number of nitrogens with zero attached hydrogens (tertiary/aromatic N) is 3. The Kier molecular flexibility index (Phi) is 3.60. The lowest BCUT2D eigenvalue weighted by molar-refractivity contribution is 0.388. The van der Waals surface area contributed by atoms with Gasteiger partial charge in [-0.3, -0.25) is 0 Å². The number of aromatic nitrogens is 4. The minimum atomic E-state index is 0.139. The molecule has 5 nitrogen and oxygen atoms in total. The van der Waals surface area contributed by atoms with Gasteiger partial charge in [0, 0.05) is 5.56 Å². The molecular formula is C14H11ClN4O. The van der Waals surface area contributed by atoms with Crippen LogP contribution >= 0.6 is 11.6 Å². The van der Waals surface area contributed by atoms with Gasteiger partial charge in [0.25, 0.3) is 0 Å². The van der Waals surface area contributed by atoms with E-state index in [1.807, 2.05) is 48.5 Å². The van der Waals surface area contributed by atoms with Crippen molar-refractivity contribution in [2.45, 2.75) is 0 Å². The van der Waals surface area contributed by atoms with Crippen molar-refractivity contribution in [3.8, 4) is 28.3 Å². The maximum Gasteiger partial charge on any atom is 0.180 e. The second kappa shape index (κ2) is 5.71. The van der Waals surface area contributed by atoms with Crippen molar-refractivity contribution in [1.82, 2.24) is 20.6 Å². The van der Waals surface area contributed by atoms with Crippen LogP contribution in [0.25, 0.3) is 22.5 Å². The zero-order chi connectivity index (χ0) is 13.8. The van der Waals surface area contributed by atoms with Crippen molar-refractivity contribution < 1.29 is 4.74 Å². The van der Waals surface area contributed by atoms with Crippen molar-refractivity contribution in [3.05, 3.63) is 48.5 Å². The van der Waals surface area contributed by atoms with Gasteiger partial charge < -0.3 is 4.74 Å². The Balaban J connectivity index is 2.02. The molecule has 1 N–H and O–H groups in total. The van der Waals surface area contributed by atoms with Crippen LogP contribution in [0.5, 0.6) is 5.75 Å². The number of alkyl halides is 1. The van der Waals surface area contributed by atoms with Gasteiger partial charge in [-0.2, -0.15) is 0 Å². The van der Waals surface area contributed by atoms with Crippen LogP contribution in [-0.2, 0) is 0 Å². The summed E-state index contributed by atoms with van der Waals surface area (Å²) < 4.78 is 5.23. The monoisotopic (exact) mass is 286 g/mol. The molecule has 3 aromatic rings. The van der Waals surface area contributed by atoms with E-state index in [-0.39, 0.29) is 6.07 Å². The Morgan fingerprint density at radius 2 is 1.75 bits per heavy atom. The van der Waals surface area contributed by atoms with Crippen molar-refractivity contribution in [1.29, 1.82) is 0 Å². The fraction of sp³-hybridized carbons (Fsp3) is 0.0714.